The molecule has 2 aliphatic rings. The maximum Gasteiger partial charge on any atom is 0.305 e. The van der Waals surface area contributed by atoms with Gasteiger partial charge in [0.2, 0.25) is 5.95 Å². The normalized spacial score (nSPS) is 17.0. The van der Waals surface area contributed by atoms with Crippen molar-refractivity contribution in [2.75, 3.05) is 58.3 Å². The summed E-state index contributed by atoms with van der Waals surface area (Å²) in [5.74, 6) is 0.690. The van der Waals surface area contributed by atoms with E-state index in [0.717, 1.165) is 63.2 Å². The molecule has 3 heterocycles. The van der Waals surface area contributed by atoms with Crippen molar-refractivity contribution in [3.8, 4) is 22.6 Å². The van der Waals surface area contributed by atoms with E-state index in [0.29, 0.717) is 40.3 Å². The molecule has 2 saturated heterocycles. The lowest BCUT2D eigenvalue weighted by Crippen LogP contribution is -2.45. The van der Waals surface area contributed by atoms with Crippen LogP contribution in [0.15, 0.2) is 42.7 Å². The molecule has 0 amide bonds. The number of piperazine rings is 1. The number of esters is 1. The molecule has 11 heteroatoms. The lowest BCUT2D eigenvalue weighted by Gasteiger charge is -2.32. The van der Waals surface area contributed by atoms with Crippen LogP contribution < -0.4 is 9.64 Å². The van der Waals surface area contributed by atoms with Crippen LogP contribution in [-0.4, -0.2) is 79.2 Å². The average molecular weight is 603 g/mol. The summed E-state index contributed by atoms with van der Waals surface area (Å²) in [4.78, 5) is 27.2. The standard InChI is InChI=1S/C30H34Cl2FN5O3/c1-36-7-9-38(10-8-36)30-34-17-26(18-35-30)41-27-15-21(22-13-24(31)16-25(32)14-22)12-23(29(27)33)19-37-5-3-20(4-6-37)11-28(39)40-2/h12-18,20H,3-11,19H2,1-2H3. The number of methoxy groups -OCH3 is 1. The molecule has 0 atom stereocenters. The highest BCUT2D eigenvalue weighted by atomic mass is 35.5. The van der Waals surface area contributed by atoms with Gasteiger partial charge in [-0.3, -0.25) is 9.69 Å². The summed E-state index contributed by atoms with van der Waals surface area (Å²) < 4.78 is 26.8. The van der Waals surface area contributed by atoms with E-state index < -0.39 is 5.82 Å². The lowest BCUT2D eigenvalue weighted by atomic mass is 9.93. The number of anilines is 1. The fourth-order valence-electron chi connectivity index (χ4n) is 5.30. The first-order chi connectivity index (χ1) is 19.8. The van der Waals surface area contributed by atoms with Crippen LogP contribution in [0, 0.1) is 11.7 Å². The molecule has 0 saturated carbocycles. The number of carbonyl (C=O) groups excluding carboxylic acids is 1. The van der Waals surface area contributed by atoms with Gasteiger partial charge in [-0.2, -0.15) is 0 Å². The number of benzene rings is 2. The van der Waals surface area contributed by atoms with Crippen molar-refractivity contribution >= 4 is 35.1 Å². The fraction of sp³-hybridized carbons (Fsp3) is 0.433. The third-order valence-corrected chi connectivity index (χ3v) is 8.16. The van der Waals surface area contributed by atoms with E-state index in [9.17, 15) is 4.79 Å². The number of aromatic nitrogens is 2. The summed E-state index contributed by atoms with van der Waals surface area (Å²) in [5.41, 5.74) is 1.98. The smallest absolute Gasteiger partial charge is 0.305 e. The third kappa shape index (κ3) is 7.65. The van der Waals surface area contributed by atoms with Crippen LogP contribution >= 0.6 is 23.2 Å². The predicted octanol–water partition coefficient (Wildman–Crippen LogP) is 5.91. The van der Waals surface area contributed by atoms with Gasteiger partial charge in [-0.1, -0.05) is 23.2 Å². The van der Waals surface area contributed by atoms with Gasteiger partial charge in [0, 0.05) is 54.8 Å². The Bertz CT molecular complexity index is 1340. The number of rotatable bonds is 8. The van der Waals surface area contributed by atoms with Crippen molar-refractivity contribution in [1.82, 2.24) is 19.8 Å². The monoisotopic (exact) mass is 601 g/mol. The fourth-order valence-corrected chi connectivity index (χ4v) is 5.83. The van der Waals surface area contributed by atoms with E-state index in [1.807, 2.05) is 6.07 Å². The molecule has 1 aromatic heterocycles. The van der Waals surface area contributed by atoms with Gasteiger partial charge in [0.05, 0.1) is 19.5 Å². The highest BCUT2D eigenvalue weighted by Gasteiger charge is 2.24. The first-order valence-corrected chi connectivity index (χ1v) is 14.5. The minimum absolute atomic E-state index is 0.0742. The van der Waals surface area contributed by atoms with E-state index >= 15 is 4.39 Å². The molecular formula is C30H34Cl2FN5O3. The number of likely N-dealkylation sites (N-methyl/N-ethyl adjacent to an activating group) is 1. The Morgan fingerprint density at radius 3 is 2.22 bits per heavy atom. The average Bonchev–Trinajstić information content (AvgIpc) is 2.96. The Morgan fingerprint density at radius 1 is 0.951 bits per heavy atom. The van der Waals surface area contributed by atoms with Gasteiger partial charge in [0.1, 0.15) is 0 Å². The van der Waals surface area contributed by atoms with Gasteiger partial charge < -0.3 is 19.3 Å². The zero-order valence-electron chi connectivity index (χ0n) is 23.3. The molecule has 0 N–H and O–H groups in total. The number of piperidine rings is 1. The van der Waals surface area contributed by atoms with Crippen LogP contribution in [0.2, 0.25) is 10.0 Å². The zero-order valence-corrected chi connectivity index (χ0v) is 24.8. The summed E-state index contributed by atoms with van der Waals surface area (Å²) in [6.07, 6.45) is 5.27. The van der Waals surface area contributed by atoms with E-state index in [4.69, 9.17) is 32.7 Å². The minimum Gasteiger partial charge on any atom is -0.469 e. The predicted molar refractivity (Wildman–Crippen MR) is 158 cm³/mol. The molecule has 2 fully saturated rings. The quantitative estimate of drug-likeness (QED) is 0.295. The van der Waals surface area contributed by atoms with Crippen LogP contribution in [0.5, 0.6) is 11.5 Å². The largest absolute Gasteiger partial charge is 0.469 e. The first kappa shape index (κ1) is 29.5. The van der Waals surface area contributed by atoms with Gasteiger partial charge in [0.25, 0.3) is 0 Å². The van der Waals surface area contributed by atoms with Gasteiger partial charge in [-0.05, 0) is 80.4 Å². The van der Waals surface area contributed by atoms with Crippen LogP contribution in [0.4, 0.5) is 10.3 Å². The second-order valence-electron chi connectivity index (χ2n) is 10.7. The summed E-state index contributed by atoms with van der Waals surface area (Å²) in [7, 11) is 3.50. The molecule has 41 heavy (non-hydrogen) atoms. The molecule has 5 rings (SSSR count). The molecule has 0 radical (unpaired) electrons. The molecule has 3 aromatic rings. The Balaban J connectivity index is 1.37. The van der Waals surface area contributed by atoms with Gasteiger partial charge in [-0.25, -0.2) is 14.4 Å². The van der Waals surface area contributed by atoms with E-state index in [1.54, 1.807) is 36.7 Å². The number of carbonyl (C=O) groups is 1. The summed E-state index contributed by atoms with van der Waals surface area (Å²) in [6, 6.07) is 8.71. The Hall–Kier alpha value is -2.98. The van der Waals surface area contributed by atoms with Crippen LogP contribution in [-0.2, 0) is 16.1 Å². The van der Waals surface area contributed by atoms with E-state index in [2.05, 4.69) is 31.7 Å². The summed E-state index contributed by atoms with van der Waals surface area (Å²) >= 11 is 12.6. The number of halogens is 3. The van der Waals surface area contributed by atoms with Crippen molar-refractivity contribution in [2.24, 2.45) is 5.92 Å². The van der Waals surface area contributed by atoms with Gasteiger partial charge in [-0.15, -0.1) is 0 Å². The highest BCUT2D eigenvalue weighted by molar-refractivity contribution is 6.35. The molecular weight excluding hydrogens is 568 g/mol. The molecule has 0 unspecified atom stereocenters. The van der Waals surface area contributed by atoms with Crippen molar-refractivity contribution in [1.29, 1.82) is 0 Å². The second-order valence-corrected chi connectivity index (χ2v) is 11.6. The number of hydrogen-bond donors (Lipinski definition) is 0. The molecule has 0 aliphatic carbocycles. The molecule has 0 spiro atoms. The maximum atomic E-state index is 16.0. The highest BCUT2D eigenvalue weighted by Crippen LogP contribution is 2.36. The maximum absolute atomic E-state index is 16.0. The lowest BCUT2D eigenvalue weighted by molar-refractivity contribution is -0.142. The molecule has 2 aliphatic heterocycles. The summed E-state index contributed by atoms with van der Waals surface area (Å²) in [5, 5.41) is 0.975. The zero-order chi connectivity index (χ0) is 28.9. The third-order valence-electron chi connectivity index (χ3n) is 7.72. The Morgan fingerprint density at radius 2 is 1.59 bits per heavy atom. The Kier molecular flexibility index (Phi) is 9.60. The van der Waals surface area contributed by atoms with Crippen LogP contribution in [0.25, 0.3) is 11.1 Å². The topological polar surface area (TPSA) is 71.0 Å². The van der Waals surface area contributed by atoms with Crippen molar-refractivity contribution < 1.29 is 18.7 Å². The first-order valence-electron chi connectivity index (χ1n) is 13.8. The SMILES string of the molecule is COC(=O)CC1CCN(Cc2cc(-c3cc(Cl)cc(Cl)c3)cc(Oc3cnc(N4CCN(C)CC4)nc3)c2F)CC1. The van der Waals surface area contributed by atoms with Gasteiger partial charge >= 0.3 is 5.97 Å². The number of likely N-dealkylation sites (tertiary alicyclic amines) is 1. The van der Waals surface area contributed by atoms with Crippen molar-refractivity contribution in [2.45, 2.75) is 25.8 Å². The van der Waals surface area contributed by atoms with E-state index in [-0.39, 0.29) is 17.6 Å². The van der Waals surface area contributed by atoms with Crippen molar-refractivity contribution in [3.05, 3.63) is 64.2 Å². The minimum atomic E-state index is -0.443. The number of nitrogens with zero attached hydrogens (tertiary/aromatic N) is 5. The molecule has 218 valence electrons. The Labute approximate surface area is 250 Å². The number of hydrogen-bond acceptors (Lipinski definition) is 8. The van der Waals surface area contributed by atoms with Gasteiger partial charge in [0.15, 0.2) is 17.3 Å². The number of ether oxygens (including phenoxy) is 2. The summed E-state index contributed by atoms with van der Waals surface area (Å²) in [6.45, 7) is 5.49. The molecule has 8 nitrogen and oxygen atoms in total. The second kappa shape index (κ2) is 13.3. The van der Waals surface area contributed by atoms with Crippen LogP contribution in [0.3, 0.4) is 0 Å². The van der Waals surface area contributed by atoms with E-state index in [1.165, 1.54) is 7.11 Å². The molecule has 0 bridgehead atoms. The van der Waals surface area contributed by atoms with Crippen LogP contribution in [0.1, 0.15) is 24.8 Å². The van der Waals surface area contributed by atoms with Crippen molar-refractivity contribution in [3.63, 3.8) is 0 Å². The molecule has 2 aromatic carbocycles.